The molecule has 0 bridgehead atoms. The van der Waals surface area contributed by atoms with Crippen LogP contribution in [-0.4, -0.2) is 30.1 Å². The standard InChI is InChI=1S/C26H32ClFN4O3/c27-20-8-6-17(7-9-20)14-31-15-19-16-32-24-21(25(19)33)12-18(13-22(24)28)4-3-11-35-26(34)23(30)5-1-2-10-29/h6-9,12-13,16,23,31H,1-5,10-11,14-15,29-30H2,(H,32,33). The summed E-state index contributed by atoms with van der Waals surface area (Å²) >= 11 is 5.90. The van der Waals surface area contributed by atoms with Gasteiger partial charge in [0.1, 0.15) is 11.9 Å². The molecule has 6 N–H and O–H groups in total. The van der Waals surface area contributed by atoms with E-state index in [2.05, 4.69) is 10.3 Å². The zero-order chi connectivity index (χ0) is 25.2. The molecule has 0 aliphatic carbocycles. The van der Waals surface area contributed by atoms with Crippen LogP contribution >= 0.6 is 11.6 Å². The lowest BCUT2D eigenvalue weighted by molar-refractivity contribution is -0.145. The molecular formula is C26H32ClFN4O3. The van der Waals surface area contributed by atoms with Gasteiger partial charge in [0.15, 0.2) is 5.43 Å². The summed E-state index contributed by atoms with van der Waals surface area (Å²) in [5, 5.41) is 4.19. The molecule has 3 rings (SSSR count). The third-order valence-electron chi connectivity index (χ3n) is 5.76. The molecule has 0 radical (unpaired) electrons. The maximum atomic E-state index is 14.6. The van der Waals surface area contributed by atoms with E-state index >= 15 is 0 Å². The van der Waals surface area contributed by atoms with Crippen LogP contribution in [0.25, 0.3) is 10.9 Å². The average Bonchev–Trinajstić information content (AvgIpc) is 2.84. The molecule has 0 amide bonds. The zero-order valence-corrected chi connectivity index (χ0v) is 20.4. The number of hydrogen-bond donors (Lipinski definition) is 4. The van der Waals surface area contributed by atoms with E-state index in [0.717, 1.165) is 18.4 Å². The molecule has 1 atom stereocenters. The third-order valence-corrected chi connectivity index (χ3v) is 6.01. The van der Waals surface area contributed by atoms with Crippen molar-refractivity contribution < 1.29 is 13.9 Å². The van der Waals surface area contributed by atoms with E-state index in [4.69, 9.17) is 27.8 Å². The number of aryl methyl sites for hydroxylation is 1. The molecule has 0 aliphatic heterocycles. The number of aromatic nitrogens is 1. The van der Waals surface area contributed by atoms with Crippen LogP contribution in [0.3, 0.4) is 0 Å². The van der Waals surface area contributed by atoms with Gasteiger partial charge in [-0.05, 0) is 67.6 Å². The first-order chi connectivity index (χ1) is 16.9. The summed E-state index contributed by atoms with van der Waals surface area (Å²) in [6, 6.07) is 9.87. The van der Waals surface area contributed by atoms with Crippen molar-refractivity contribution in [2.75, 3.05) is 13.2 Å². The van der Waals surface area contributed by atoms with E-state index in [-0.39, 0.29) is 17.6 Å². The molecule has 1 heterocycles. The highest BCUT2D eigenvalue weighted by molar-refractivity contribution is 6.30. The highest BCUT2D eigenvalue weighted by Crippen LogP contribution is 2.17. The minimum absolute atomic E-state index is 0.175. The van der Waals surface area contributed by atoms with E-state index in [1.807, 2.05) is 24.3 Å². The number of benzene rings is 2. The van der Waals surface area contributed by atoms with E-state index in [9.17, 15) is 14.0 Å². The number of ether oxygens (including phenoxy) is 1. The zero-order valence-electron chi connectivity index (χ0n) is 19.6. The lowest BCUT2D eigenvalue weighted by Crippen LogP contribution is -2.32. The Morgan fingerprint density at radius 2 is 1.89 bits per heavy atom. The van der Waals surface area contributed by atoms with Gasteiger partial charge < -0.3 is 26.5 Å². The van der Waals surface area contributed by atoms with Crippen molar-refractivity contribution >= 4 is 28.5 Å². The molecule has 0 saturated carbocycles. The fraction of sp³-hybridized carbons (Fsp3) is 0.385. The average molecular weight is 503 g/mol. The molecule has 1 aromatic heterocycles. The van der Waals surface area contributed by atoms with Gasteiger partial charge in [-0.2, -0.15) is 0 Å². The van der Waals surface area contributed by atoms with E-state index in [1.54, 1.807) is 12.3 Å². The Bertz CT molecular complexity index is 1180. The maximum absolute atomic E-state index is 14.6. The summed E-state index contributed by atoms with van der Waals surface area (Å²) in [5.41, 5.74) is 13.4. The molecular weight excluding hydrogens is 471 g/mol. The topological polar surface area (TPSA) is 123 Å². The smallest absolute Gasteiger partial charge is 0.322 e. The first-order valence-electron chi connectivity index (χ1n) is 11.8. The molecule has 0 spiro atoms. The third kappa shape index (κ3) is 7.86. The Kier molecular flexibility index (Phi) is 10.2. The number of aromatic amines is 1. The summed E-state index contributed by atoms with van der Waals surface area (Å²) in [6.45, 7) is 1.64. The molecule has 35 heavy (non-hydrogen) atoms. The number of hydrogen-bond acceptors (Lipinski definition) is 6. The second-order valence-electron chi connectivity index (χ2n) is 8.54. The van der Waals surface area contributed by atoms with E-state index in [0.29, 0.717) is 60.4 Å². The van der Waals surface area contributed by atoms with Crippen molar-refractivity contribution in [2.24, 2.45) is 11.5 Å². The number of esters is 1. The van der Waals surface area contributed by atoms with Crippen LogP contribution in [0.1, 0.15) is 42.4 Å². The minimum atomic E-state index is -0.662. The van der Waals surface area contributed by atoms with E-state index < -0.39 is 17.8 Å². The number of carbonyl (C=O) groups excluding carboxylic acids is 1. The van der Waals surface area contributed by atoms with Gasteiger partial charge in [0, 0.05) is 35.3 Å². The fourth-order valence-corrected chi connectivity index (χ4v) is 3.91. The van der Waals surface area contributed by atoms with Crippen LogP contribution in [0.2, 0.25) is 5.02 Å². The lowest BCUT2D eigenvalue weighted by Gasteiger charge is -2.11. The molecule has 9 heteroatoms. The highest BCUT2D eigenvalue weighted by Gasteiger charge is 2.15. The predicted octanol–water partition coefficient (Wildman–Crippen LogP) is 3.54. The van der Waals surface area contributed by atoms with Crippen LogP contribution < -0.4 is 22.2 Å². The van der Waals surface area contributed by atoms with Crippen LogP contribution in [0.5, 0.6) is 0 Å². The van der Waals surface area contributed by atoms with Crippen LogP contribution in [0, 0.1) is 5.82 Å². The maximum Gasteiger partial charge on any atom is 0.322 e. The molecule has 0 fully saturated rings. The van der Waals surface area contributed by atoms with E-state index in [1.165, 1.54) is 6.07 Å². The number of unbranched alkanes of at least 4 members (excludes halogenated alkanes) is 1. The predicted molar refractivity (Wildman–Crippen MR) is 137 cm³/mol. The van der Waals surface area contributed by atoms with Crippen molar-refractivity contribution in [2.45, 2.75) is 51.2 Å². The van der Waals surface area contributed by atoms with Gasteiger partial charge in [0.05, 0.1) is 12.1 Å². The van der Waals surface area contributed by atoms with Gasteiger partial charge in [-0.1, -0.05) is 30.2 Å². The van der Waals surface area contributed by atoms with Crippen LogP contribution in [0.4, 0.5) is 4.39 Å². The number of rotatable bonds is 13. The van der Waals surface area contributed by atoms with Crippen molar-refractivity contribution in [3.63, 3.8) is 0 Å². The van der Waals surface area contributed by atoms with Crippen molar-refractivity contribution in [3.8, 4) is 0 Å². The molecule has 0 aliphatic rings. The van der Waals surface area contributed by atoms with Crippen LogP contribution in [-0.2, 0) is 29.0 Å². The Balaban J connectivity index is 1.57. The Morgan fingerprint density at radius 1 is 1.11 bits per heavy atom. The van der Waals surface area contributed by atoms with Gasteiger partial charge in [0.25, 0.3) is 0 Å². The molecule has 1 unspecified atom stereocenters. The number of fused-ring (bicyclic) bond motifs is 1. The summed E-state index contributed by atoms with van der Waals surface area (Å²) in [6.07, 6.45) is 4.61. The largest absolute Gasteiger partial charge is 0.465 e. The van der Waals surface area contributed by atoms with Crippen molar-refractivity contribution in [3.05, 3.63) is 80.3 Å². The number of H-pyrrole nitrogens is 1. The molecule has 188 valence electrons. The Morgan fingerprint density at radius 3 is 2.63 bits per heavy atom. The van der Waals surface area contributed by atoms with Gasteiger partial charge >= 0.3 is 5.97 Å². The highest BCUT2D eigenvalue weighted by atomic mass is 35.5. The Labute approximate surface area is 209 Å². The van der Waals surface area contributed by atoms with Gasteiger partial charge in [-0.15, -0.1) is 0 Å². The summed E-state index contributed by atoms with van der Waals surface area (Å²) < 4.78 is 19.9. The first-order valence-corrected chi connectivity index (χ1v) is 12.2. The SMILES string of the molecule is NCCCCC(N)C(=O)OCCCc1cc(F)c2[nH]cc(CNCc3ccc(Cl)cc3)c(=O)c2c1. The second kappa shape index (κ2) is 13.3. The number of carbonyl (C=O) groups is 1. The second-order valence-corrected chi connectivity index (χ2v) is 8.97. The normalized spacial score (nSPS) is 12.1. The number of halogens is 2. The molecule has 0 saturated heterocycles. The van der Waals surface area contributed by atoms with Gasteiger partial charge in [-0.3, -0.25) is 9.59 Å². The summed E-state index contributed by atoms with van der Waals surface area (Å²) in [4.78, 5) is 27.8. The van der Waals surface area contributed by atoms with Crippen molar-refractivity contribution in [1.29, 1.82) is 0 Å². The fourth-order valence-electron chi connectivity index (χ4n) is 3.79. The van der Waals surface area contributed by atoms with Gasteiger partial charge in [-0.25, -0.2) is 4.39 Å². The lowest BCUT2D eigenvalue weighted by atomic mass is 10.0. The first kappa shape index (κ1) is 26.8. The molecule has 3 aromatic rings. The minimum Gasteiger partial charge on any atom is -0.465 e. The number of pyridine rings is 1. The molecule has 7 nitrogen and oxygen atoms in total. The van der Waals surface area contributed by atoms with Crippen molar-refractivity contribution in [1.82, 2.24) is 10.3 Å². The van der Waals surface area contributed by atoms with Crippen LogP contribution in [0.15, 0.2) is 47.4 Å². The quantitative estimate of drug-likeness (QED) is 0.209. The number of nitrogens with one attached hydrogen (secondary N) is 2. The summed E-state index contributed by atoms with van der Waals surface area (Å²) in [5.74, 6) is -0.937. The Hall–Kier alpha value is -2.78. The summed E-state index contributed by atoms with van der Waals surface area (Å²) in [7, 11) is 0. The number of nitrogens with two attached hydrogens (primary N) is 2. The molecule has 2 aromatic carbocycles. The monoisotopic (exact) mass is 502 g/mol. The van der Waals surface area contributed by atoms with Gasteiger partial charge in [0.2, 0.25) is 0 Å².